The van der Waals surface area contributed by atoms with Crippen molar-refractivity contribution in [3.63, 3.8) is 0 Å². The Labute approximate surface area is 98.8 Å². The van der Waals surface area contributed by atoms with Crippen molar-refractivity contribution in [3.05, 3.63) is 17.5 Å². The van der Waals surface area contributed by atoms with Gasteiger partial charge in [0, 0.05) is 26.3 Å². The quantitative estimate of drug-likeness (QED) is 0.811. The molecule has 1 aliphatic rings. The van der Waals surface area contributed by atoms with Gasteiger partial charge < -0.3 is 10.0 Å². The first-order valence-corrected chi connectivity index (χ1v) is 5.57. The summed E-state index contributed by atoms with van der Waals surface area (Å²) < 4.78 is 1.61. The van der Waals surface area contributed by atoms with E-state index in [1.54, 1.807) is 22.8 Å². The Morgan fingerprint density at radius 1 is 1.53 bits per heavy atom. The molecule has 0 aliphatic carbocycles. The molecule has 2 rings (SSSR count). The van der Waals surface area contributed by atoms with E-state index in [-0.39, 0.29) is 5.91 Å². The van der Waals surface area contributed by atoms with Crippen molar-refractivity contribution >= 4 is 11.9 Å². The lowest BCUT2D eigenvalue weighted by molar-refractivity contribution is -0.146. The average molecular weight is 237 g/mol. The van der Waals surface area contributed by atoms with Gasteiger partial charge in [-0.1, -0.05) is 6.92 Å². The van der Waals surface area contributed by atoms with Gasteiger partial charge in [-0.15, -0.1) is 0 Å². The summed E-state index contributed by atoms with van der Waals surface area (Å²) in [7, 11) is 1.77. The van der Waals surface area contributed by atoms with Crippen LogP contribution in [0.2, 0.25) is 0 Å². The zero-order valence-corrected chi connectivity index (χ0v) is 9.88. The Morgan fingerprint density at radius 3 is 2.71 bits per heavy atom. The summed E-state index contributed by atoms with van der Waals surface area (Å²) in [5.74, 6) is -1.37. The molecular weight excluding hydrogens is 222 g/mol. The highest BCUT2D eigenvalue weighted by Gasteiger charge is 2.36. The Bertz CT molecular complexity index is 461. The number of carboxylic acids is 1. The normalized spacial score (nSPS) is 15.8. The molecule has 0 atom stereocenters. The Balaban J connectivity index is 2.08. The fraction of sp³-hybridized carbons (Fsp3) is 0.545. The number of hydrogen-bond acceptors (Lipinski definition) is 3. The van der Waals surface area contributed by atoms with Crippen LogP contribution in [0.15, 0.2) is 6.20 Å². The number of carbonyl (C=O) groups is 2. The maximum absolute atomic E-state index is 12.1. The van der Waals surface area contributed by atoms with Crippen molar-refractivity contribution in [2.75, 3.05) is 13.1 Å². The van der Waals surface area contributed by atoms with Gasteiger partial charge >= 0.3 is 5.97 Å². The van der Waals surface area contributed by atoms with Crippen molar-refractivity contribution in [2.45, 2.75) is 13.3 Å². The molecule has 0 saturated carbocycles. The minimum atomic E-state index is -0.837. The fourth-order valence-electron chi connectivity index (χ4n) is 1.95. The van der Waals surface area contributed by atoms with Gasteiger partial charge in [-0.05, 0) is 6.42 Å². The summed E-state index contributed by atoms with van der Waals surface area (Å²) in [6.45, 7) is 2.54. The second-order valence-corrected chi connectivity index (χ2v) is 4.26. The second-order valence-electron chi connectivity index (χ2n) is 4.26. The lowest BCUT2D eigenvalue weighted by Gasteiger charge is -2.36. The summed E-state index contributed by atoms with van der Waals surface area (Å²) in [5.41, 5.74) is 1.34. The Hall–Kier alpha value is -1.85. The average Bonchev–Trinajstić information content (AvgIpc) is 2.56. The van der Waals surface area contributed by atoms with E-state index in [1.807, 2.05) is 6.92 Å². The van der Waals surface area contributed by atoms with Crippen LogP contribution in [0.3, 0.4) is 0 Å². The number of likely N-dealkylation sites (tertiary alicyclic amines) is 1. The highest BCUT2D eigenvalue weighted by Crippen LogP contribution is 2.20. The van der Waals surface area contributed by atoms with Gasteiger partial charge in [-0.25, -0.2) is 0 Å². The van der Waals surface area contributed by atoms with Gasteiger partial charge in [-0.2, -0.15) is 5.10 Å². The molecule has 17 heavy (non-hydrogen) atoms. The number of amides is 1. The van der Waals surface area contributed by atoms with Crippen LogP contribution >= 0.6 is 0 Å². The molecule has 0 unspecified atom stereocenters. The molecule has 1 N–H and O–H groups in total. The van der Waals surface area contributed by atoms with E-state index in [9.17, 15) is 9.59 Å². The van der Waals surface area contributed by atoms with Crippen molar-refractivity contribution in [1.82, 2.24) is 14.7 Å². The largest absolute Gasteiger partial charge is 0.481 e. The zero-order valence-electron chi connectivity index (χ0n) is 9.88. The third kappa shape index (κ3) is 2.02. The van der Waals surface area contributed by atoms with E-state index in [4.69, 9.17) is 5.11 Å². The minimum absolute atomic E-state index is 0.118. The molecule has 92 valence electrons. The number of aromatic nitrogens is 2. The highest BCUT2D eigenvalue weighted by molar-refractivity contribution is 5.96. The van der Waals surface area contributed by atoms with Crippen LogP contribution < -0.4 is 0 Å². The van der Waals surface area contributed by atoms with E-state index < -0.39 is 11.9 Å². The lowest BCUT2D eigenvalue weighted by Crippen LogP contribution is -2.53. The van der Waals surface area contributed by atoms with Crippen molar-refractivity contribution < 1.29 is 14.7 Å². The van der Waals surface area contributed by atoms with Gasteiger partial charge in [0.05, 0.1) is 17.2 Å². The van der Waals surface area contributed by atoms with Crippen LogP contribution in [0, 0.1) is 5.92 Å². The predicted molar refractivity (Wildman–Crippen MR) is 59.6 cm³/mol. The molecular formula is C11H15N3O3. The van der Waals surface area contributed by atoms with E-state index in [0.717, 1.165) is 5.69 Å². The van der Waals surface area contributed by atoms with Crippen LogP contribution in [0.25, 0.3) is 0 Å². The van der Waals surface area contributed by atoms with Crippen molar-refractivity contribution in [1.29, 1.82) is 0 Å². The van der Waals surface area contributed by atoms with E-state index in [0.29, 0.717) is 25.1 Å². The van der Waals surface area contributed by atoms with Crippen LogP contribution in [0.1, 0.15) is 23.0 Å². The van der Waals surface area contributed by atoms with Gasteiger partial charge in [0.2, 0.25) is 0 Å². The van der Waals surface area contributed by atoms with Gasteiger partial charge in [0.25, 0.3) is 5.91 Å². The zero-order chi connectivity index (χ0) is 12.6. The fourth-order valence-corrected chi connectivity index (χ4v) is 1.95. The Kier molecular flexibility index (Phi) is 2.87. The van der Waals surface area contributed by atoms with E-state index in [2.05, 4.69) is 5.10 Å². The van der Waals surface area contributed by atoms with Gasteiger partial charge in [0.1, 0.15) is 0 Å². The number of aliphatic carboxylic acids is 1. The van der Waals surface area contributed by atoms with E-state index >= 15 is 0 Å². The summed E-state index contributed by atoms with van der Waals surface area (Å²) in [4.78, 5) is 24.3. The first-order chi connectivity index (χ1) is 8.02. The van der Waals surface area contributed by atoms with Crippen molar-refractivity contribution in [2.24, 2.45) is 13.0 Å². The number of rotatable bonds is 3. The summed E-state index contributed by atoms with van der Waals surface area (Å²) in [6, 6.07) is 0. The third-order valence-electron chi connectivity index (χ3n) is 2.99. The summed E-state index contributed by atoms with van der Waals surface area (Å²) in [5, 5.41) is 13.0. The number of nitrogens with zero attached hydrogens (tertiary/aromatic N) is 3. The molecule has 1 amide bonds. The molecule has 1 aliphatic heterocycles. The SMILES string of the molecule is CCc1nn(C)cc1C(=O)N1CC(C(=O)O)C1. The molecule has 1 aromatic heterocycles. The molecule has 0 spiro atoms. The summed E-state index contributed by atoms with van der Waals surface area (Å²) in [6.07, 6.45) is 2.38. The molecule has 2 heterocycles. The lowest BCUT2D eigenvalue weighted by atomic mass is 9.99. The number of hydrogen-bond donors (Lipinski definition) is 1. The van der Waals surface area contributed by atoms with Crippen LogP contribution in [-0.2, 0) is 18.3 Å². The Morgan fingerprint density at radius 2 is 2.18 bits per heavy atom. The molecule has 1 saturated heterocycles. The molecule has 1 aromatic rings. The molecule has 0 bridgehead atoms. The van der Waals surface area contributed by atoms with Gasteiger partial charge in [0.15, 0.2) is 0 Å². The molecule has 6 nitrogen and oxygen atoms in total. The highest BCUT2D eigenvalue weighted by atomic mass is 16.4. The van der Waals surface area contributed by atoms with Crippen LogP contribution in [0.5, 0.6) is 0 Å². The standard InChI is InChI=1S/C11H15N3O3/c1-3-9-8(6-13(2)12-9)10(15)14-4-7(5-14)11(16)17/h6-7H,3-5H2,1-2H3,(H,16,17). The molecule has 0 radical (unpaired) electrons. The smallest absolute Gasteiger partial charge is 0.310 e. The number of aryl methyl sites for hydroxylation is 2. The first kappa shape index (κ1) is 11.6. The summed E-state index contributed by atoms with van der Waals surface area (Å²) >= 11 is 0. The minimum Gasteiger partial charge on any atom is -0.481 e. The van der Waals surface area contributed by atoms with Crippen LogP contribution in [0.4, 0.5) is 0 Å². The maximum atomic E-state index is 12.1. The van der Waals surface area contributed by atoms with Crippen molar-refractivity contribution in [3.8, 4) is 0 Å². The second kappa shape index (κ2) is 4.20. The molecule has 1 fully saturated rings. The topological polar surface area (TPSA) is 75.4 Å². The first-order valence-electron chi connectivity index (χ1n) is 5.57. The third-order valence-corrected chi connectivity index (χ3v) is 2.99. The van der Waals surface area contributed by atoms with Gasteiger partial charge in [-0.3, -0.25) is 14.3 Å². The monoisotopic (exact) mass is 237 g/mol. The molecule has 0 aromatic carbocycles. The number of carboxylic acid groups (broad SMARTS) is 1. The van der Waals surface area contributed by atoms with Crippen LogP contribution in [-0.4, -0.2) is 44.8 Å². The maximum Gasteiger partial charge on any atom is 0.310 e. The number of carbonyl (C=O) groups excluding carboxylic acids is 1. The van der Waals surface area contributed by atoms with E-state index in [1.165, 1.54) is 0 Å². The molecule has 6 heteroatoms. The predicted octanol–water partition coefficient (Wildman–Crippen LogP) is 0.139.